The number of fused-ring (bicyclic) bond motifs is 1. The molecule has 13 heavy (non-hydrogen) atoms. The van der Waals surface area contributed by atoms with Crippen molar-refractivity contribution in [1.29, 1.82) is 0 Å². The SMILES string of the molecule is CC(O)c1ccn2nc(F)cc2n1. The van der Waals surface area contributed by atoms with Crippen molar-refractivity contribution in [3.63, 3.8) is 0 Å². The molecule has 1 N–H and O–H groups in total. The fourth-order valence-electron chi connectivity index (χ4n) is 1.10. The van der Waals surface area contributed by atoms with E-state index in [4.69, 9.17) is 0 Å². The van der Waals surface area contributed by atoms with Crippen molar-refractivity contribution in [1.82, 2.24) is 14.6 Å². The first kappa shape index (κ1) is 8.12. The molecule has 1 unspecified atom stereocenters. The van der Waals surface area contributed by atoms with Crippen LogP contribution in [0.3, 0.4) is 0 Å². The summed E-state index contributed by atoms with van der Waals surface area (Å²) < 4.78 is 13.9. The third kappa shape index (κ3) is 1.38. The second-order valence-electron chi connectivity index (χ2n) is 2.80. The Morgan fingerprint density at radius 1 is 1.62 bits per heavy atom. The van der Waals surface area contributed by atoms with Gasteiger partial charge in [-0.25, -0.2) is 9.50 Å². The molecule has 0 saturated carbocycles. The van der Waals surface area contributed by atoms with Gasteiger partial charge in [0.05, 0.1) is 11.8 Å². The summed E-state index contributed by atoms with van der Waals surface area (Å²) in [6.07, 6.45) is 0.913. The first-order chi connectivity index (χ1) is 6.16. The lowest BCUT2D eigenvalue weighted by molar-refractivity contribution is 0.194. The highest BCUT2D eigenvalue weighted by molar-refractivity contribution is 5.37. The number of rotatable bonds is 1. The average molecular weight is 181 g/mol. The van der Waals surface area contributed by atoms with Crippen LogP contribution in [0.25, 0.3) is 5.65 Å². The van der Waals surface area contributed by atoms with E-state index in [-0.39, 0.29) is 0 Å². The molecule has 0 aliphatic carbocycles. The molecular formula is C8H8FN3O. The summed E-state index contributed by atoms with van der Waals surface area (Å²) in [5.41, 5.74) is 0.906. The third-order valence-corrected chi connectivity index (χ3v) is 1.74. The maximum Gasteiger partial charge on any atom is 0.235 e. The quantitative estimate of drug-likeness (QED) is 0.711. The van der Waals surface area contributed by atoms with Crippen molar-refractivity contribution >= 4 is 5.65 Å². The number of hydrogen-bond donors (Lipinski definition) is 1. The predicted molar refractivity (Wildman–Crippen MR) is 43.6 cm³/mol. The lowest BCUT2D eigenvalue weighted by Gasteiger charge is -2.02. The van der Waals surface area contributed by atoms with Crippen molar-refractivity contribution in [2.24, 2.45) is 0 Å². The molecule has 2 rings (SSSR count). The van der Waals surface area contributed by atoms with Gasteiger partial charge in [0.1, 0.15) is 0 Å². The summed E-state index contributed by atoms with van der Waals surface area (Å²) in [5, 5.41) is 12.7. The Bertz CT molecular complexity index is 438. The topological polar surface area (TPSA) is 50.4 Å². The van der Waals surface area contributed by atoms with Gasteiger partial charge in [-0.2, -0.15) is 4.39 Å². The van der Waals surface area contributed by atoms with Crippen LogP contribution in [0.2, 0.25) is 0 Å². The van der Waals surface area contributed by atoms with Gasteiger partial charge in [0.2, 0.25) is 5.95 Å². The minimum atomic E-state index is -0.650. The molecule has 0 bridgehead atoms. The highest BCUT2D eigenvalue weighted by Gasteiger charge is 2.05. The van der Waals surface area contributed by atoms with Crippen LogP contribution in [0.4, 0.5) is 4.39 Å². The molecule has 4 nitrogen and oxygen atoms in total. The summed E-state index contributed by atoms with van der Waals surface area (Å²) in [4.78, 5) is 4.01. The molecule has 2 aromatic rings. The summed E-state index contributed by atoms with van der Waals surface area (Å²) >= 11 is 0. The molecule has 5 heteroatoms. The fourth-order valence-corrected chi connectivity index (χ4v) is 1.10. The van der Waals surface area contributed by atoms with Crippen LogP contribution in [0, 0.1) is 5.95 Å². The smallest absolute Gasteiger partial charge is 0.235 e. The summed E-state index contributed by atoms with van der Waals surface area (Å²) in [6, 6.07) is 2.82. The van der Waals surface area contributed by atoms with Crippen molar-refractivity contribution in [2.45, 2.75) is 13.0 Å². The molecule has 2 heterocycles. The number of aliphatic hydroxyl groups is 1. The first-order valence-electron chi connectivity index (χ1n) is 3.87. The second-order valence-corrected chi connectivity index (χ2v) is 2.80. The van der Waals surface area contributed by atoms with Gasteiger partial charge in [-0.1, -0.05) is 0 Å². The molecular weight excluding hydrogens is 173 g/mol. The van der Waals surface area contributed by atoms with Crippen LogP contribution in [-0.2, 0) is 0 Å². The summed E-state index contributed by atoms with van der Waals surface area (Å²) in [5.74, 6) is -0.574. The minimum absolute atomic E-state index is 0.399. The van der Waals surface area contributed by atoms with E-state index in [1.807, 2.05) is 0 Å². The molecule has 0 amide bonds. The maximum atomic E-state index is 12.6. The van der Waals surface area contributed by atoms with Crippen molar-refractivity contribution in [3.8, 4) is 0 Å². The number of nitrogens with zero attached hydrogens (tertiary/aromatic N) is 3. The predicted octanol–water partition coefficient (Wildman–Crippen LogP) is 0.922. The molecule has 0 aliphatic rings. The summed E-state index contributed by atoms with van der Waals surface area (Å²) in [7, 11) is 0. The van der Waals surface area contributed by atoms with E-state index in [0.29, 0.717) is 11.3 Å². The van der Waals surface area contributed by atoms with Gasteiger partial charge < -0.3 is 5.11 Å². The molecule has 0 aliphatic heterocycles. The van der Waals surface area contributed by atoms with Gasteiger partial charge in [-0.15, -0.1) is 5.10 Å². The highest BCUT2D eigenvalue weighted by Crippen LogP contribution is 2.10. The van der Waals surface area contributed by atoms with Gasteiger partial charge >= 0.3 is 0 Å². The largest absolute Gasteiger partial charge is 0.387 e. The molecule has 0 radical (unpaired) electrons. The third-order valence-electron chi connectivity index (χ3n) is 1.74. The molecule has 0 spiro atoms. The molecule has 2 aromatic heterocycles. The van der Waals surface area contributed by atoms with E-state index < -0.39 is 12.1 Å². The van der Waals surface area contributed by atoms with Crippen LogP contribution in [0.5, 0.6) is 0 Å². The van der Waals surface area contributed by atoms with Crippen LogP contribution >= 0.6 is 0 Å². The van der Waals surface area contributed by atoms with Crippen molar-refractivity contribution < 1.29 is 9.50 Å². The molecule has 68 valence electrons. The summed E-state index contributed by atoms with van der Waals surface area (Å²) in [6.45, 7) is 1.60. The van der Waals surface area contributed by atoms with Gasteiger partial charge in [-0.05, 0) is 13.0 Å². The Hall–Kier alpha value is -1.49. The lowest BCUT2D eigenvalue weighted by Crippen LogP contribution is -1.98. The molecule has 0 aromatic carbocycles. The van der Waals surface area contributed by atoms with E-state index in [2.05, 4.69) is 10.1 Å². The van der Waals surface area contributed by atoms with Gasteiger partial charge in [0.15, 0.2) is 5.65 Å². The Balaban J connectivity index is 2.61. The van der Waals surface area contributed by atoms with Crippen molar-refractivity contribution in [3.05, 3.63) is 30.0 Å². The van der Waals surface area contributed by atoms with Gasteiger partial charge in [0, 0.05) is 12.3 Å². The zero-order valence-corrected chi connectivity index (χ0v) is 6.98. The Morgan fingerprint density at radius 3 is 3.08 bits per heavy atom. The highest BCUT2D eigenvalue weighted by atomic mass is 19.1. The molecule has 0 saturated heterocycles. The van der Waals surface area contributed by atoms with Crippen LogP contribution in [0.1, 0.15) is 18.7 Å². The number of hydrogen-bond acceptors (Lipinski definition) is 3. The standard InChI is InChI=1S/C8H8FN3O/c1-5(13)6-2-3-12-8(10-6)4-7(9)11-12/h2-5,13H,1H3. The monoisotopic (exact) mass is 181 g/mol. The minimum Gasteiger partial charge on any atom is -0.387 e. The van der Waals surface area contributed by atoms with Crippen molar-refractivity contribution in [2.75, 3.05) is 0 Å². The van der Waals surface area contributed by atoms with Crippen LogP contribution in [0.15, 0.2) is 18.3 Å². The number of halogens is 1. The Morgan fingerprint density at radius 2 is 2.38 bits per heavy atom. The normalized spacial score (nSPS) is 13.5. The maximum absolute atomic E-state index is 12.6. The Kier molecular flexibility index (Phi) is 1.73. The second kappa shape index (κ2) is 2.77. The number of aliphatic hydroxyl groups excluding tert-OH is 1. The van der Waals surface area contributed by atoms with E-state index in [1.165, 1.54) is 10.6 Å². The van der Waals surface area contributed by atoms with E-state index in [9.17, 15) is 9.50 Å². The van der Waals surface area contributed by atoms with Gasteiger partial charge in [0.25, 0.3) is 0 Å². The van der Waals surface area contributed by atoms with Crippen LogP contribution in [-0.4, -0.2) is 19.7 Å². The zero-order valence-electron chi connectivity index (χ0n) is 6.98. The zero-order chi connectivity index (χ0) is 9.42. The fraction of sp³-hybridized carbons (Fsp3) is 0.250. The van der Waals surface area contributed by atoms with Crippen LogP contribution < -0.4 is 0 Å². The molecule has 0 fully saturated rings. The number of aromatic nitrogens is 3. The van der Waals surface area contributed by atoms with Gasteiger partial charge in [-0.3, -0.25) is 0 Å². The van der Waals surface area contributed by atoms with E-state index in [1.54, 1.807) is 19.2 Å². The Labute approximate surface area is 73.6 Å². The molecule has 1 atom stereocenters. The average Bonchev–Trinajstić information content (AvgIpc) is 2.42. The first-order valence-corrected chi connectivity index (χ1v) is 3.87. The van der Waals surface area contributed by atoms with E-state index >= 15 is 0 Å². The van der Waals surface area contributed by atoms with E-state index in [0.717, 1.165) is 0 Å². The lowest BCUT2D eigenvalue weighted by atomic mass is 10.3.